The highest BCUT2D eigenvalue weighted by molar-refractivity contribution is 5.76. The number of rotatable bonds is 4. The molecule has 0 bridgehead atoms. The van der Waals surface area contributed by atoms with E-state index in [4.69, 9.17) is 4.42 Å². The zero-order valence-electron chi connectivity index (χ0n) is 11.7. The Morgan fingerprint density at radius 1 is 1.57 bits per heavy atom. The van der Waals surface area contributed by atoms with Crippen LogP contribution < -0.4 is 0 Å². The van der Waals surface area contributed by atoms with Gasteiger partial charge in [-0.3, -0.25) is 4.79 Å². The molecule has 112 valence electrons. The SMILES string of the molecule is CC1CCN(C(=O)Cn2nnc(-c3ccco3)n2)C1CO. The molecule has 1 aliphatic heterocycles. The molecule has 3 heterocycles. The first-order chi connectivity index (χ1) is 10.2. The fraction of sp³-hybridized carbons (Fsp3) is 0.538. The van der Waals surface area contributed by atoms with Gasteiger partial charge >= 0.3 is 0 Å². The smallest absolute Gasteiger partial charge is 0.246 e. The Balaban J connectivity index is 1.68. The third kappa shape index (κ3) is 2.66. The van der Waals surface area contributed by atoms with Crippen LogP contribution in [0.15, 0.2) is 22.8 Å². The number of tetrazole rings is 1. The molecule has 0 saturated carbocycles. The van der Waals surface area contributed by atoms with Crippen LogP contribution in [0.4, 0.5) is 0 Å². The first-order valence-corrected chi connectivity index (χ1v) is 6.91. The van der Waals surface area contributed by atoms with Gasteiger partial charge in [0.1, 0.15) is 6.54 Å². The molecule has 0 radical (unpaired) electrons. The minimum atomic E-state index is -0.120. The predicted octanol–water partition coefficient (Wildman–Crippen LogP) is 0.162. The topological polar surface area (TPSA) is 97.3 Å². The number of amides is 1. The zero-order chi connectivity index (χ0) is 14.8. The lowest BCUT2D eigenvalue weighted by Crippen LogP contribution is -2.41. The number of carbonyl (C=O) groups excluding carboxylic acids is 1. The molecule has 21 heavy (non-hydrogen) atoms. The number of hydrogen-bond donors (Lipinski definition) is 1. The monoisotopic (exact) mass is 291 g/mol. The van der Waals surface area contributed by atoms with Gasteiger partial charge in [-0.25, -0.2) is 0 Å². The van der Waals surface area contributed by atoms with Crippen molar-refractivity contribution in [2.45, 2.75) is 25.9 Å². The van der Waals surface area contributed by atoms with Gasteiger partial charge in [-0.15, -0.1) is 10.2 Å². The summed E-state index contributed by atoms with van der Waals surface area (Å²) in [6, 6.07) is 3.34. The number of aliphatic hydroxyl groups excluding tert-OH is 1. The van der Waals surface area contributed by atoms with E-state index in [1.807, 2.05) is 6.92 Å². The highest BCUT2D eigenvalue weighted by atomic mass is 16.3. The highest BCUT2D eigenvalue weighted by Crippen LogP contribution is 2.23. The number of aromatic nitrogens is 4. The fourth-order valence-electron chi connectivity index (χ4n) is 2.62. The zero-order valence-corrected chi connectivity index (χ0v) is 11.7. The Kier molecular flexibility index (Phi) is 3.70. The number of aliphatic hydroxyl groups is 1. The second-order valence-electron chi connectivity index (χ2n) is 5.22. The van der Waals surface area contributed by atoms with Gasteiger partial charge in [0.15, 0.2) is 5.76 Å². The lowest BCUT2D eigenvalue weighted by molar-refractivity contribution is -0.134. The molecule has 1 N–H and O–H groups in total. The van der Waals surface area contributed by atoms with Gasteiger partial charge in [0.05, 0.1) is 18.9 Å². The first-order valence-electron chi connectivity index (χ1n) is 6.91. The first kappa shape index (κ1) is 13.7. The molecule has 2 aromatic heterocycles. The van der Waals surface area contributed by atoms with Gasteiger partial charge in [-0.2, -0.15) is 4.80 Å². The average molecular weight is 291 g/mol. The summed E-state index contributed by atoms with van der Waals surface area (Å²) < 4.78 is 5.18. The van der Waals surface area contributed by atoms with Crippen molar-refractivity contribution in [1.29, 1.82) is 0 Å². The Labute approximate surface area is 121 Å². The molecule has 0 aliphatic carbocycles. The van der Waals surface area contributed by atoms with Gasteiger partial charge in [0.2, 0.25) is 11.7 Å². The van der Waals surface area contributed by atoms with Crippen LogP contribution in [0.25, 0.3) is 11.6 Å². The molecule has 1 saturated heterocycles. The van der Waals surface area contributed by atoms with E-state index in [0.29, 0.717) is 24.0 Å². The highest BCUT2D eigenvalue weighted by Gasteiger charge is 2.34. The predicted molar refractivity (Wildman–Crippen MR) is 71.9 cm³/mol. The quantitative estimate of drug-likeness (QED) is 0.862. The number of likely N-dealkylation sites (tertiary alicyclic amines) is 1. The van der Waals surface area contributed by atoms with E-state index in [1.54, 1.807) is 17.0 Å². The normalized spacial score (nSPS) is 21.9. The van der Waals surface area contributed by atoms with Crippen molar-refractivity contribution in [2.75, 3.05) is 13.2 Å². The lowest BCUT2D eigenvalue weighted by Gasteiger charge is -2.24. The van der Waals surface area contributed by atoms with Crippen molar-refractivity contribution in [1.82, 2.24) is 25.1 Å². The fourth-order valence-corrected chi connectivity index (χ4v) is 2.62. The molecule has 1 amide bonds. The Hall–Kier alpha value is -2.22. The molecular formula is C13H17N5O3. The van der Waals surface area contributed by atoms with Crippen molar-refractivity contribution >= 4 is 5.91 Å². The van der Waals surface area contributed by atoms with Crippen LogP contribution in [0.2, 0.25) is 0 Å². The van der Waals surface area contributed by atoms with Crippen LogP contribution in [0.5, 0.6) is 0 Å². The van der Waals surface area contributed by atoms with Crippen LogP contribution in [0, 0.1) is 5.92 Å². The van der Waals surface area contributed by atoms with E-state index < -0.39 is 0 Å². The summed E-state index contributed by atoms with van der Waals surface area (Å²) in [5.41, 5.74) is 0. The number of nitrogens with zero attached hydrogens (tertiary/aromatic N) is 5. The molecule has 1 aliphatic rings. The van der Waals surface area contributed by atoms with Gasteiger partial charge in [-0.05, 0) is 29.7 Å². The van der Waals surface area contributed by atoms with Crippen molar-refractivity contribution in [2.24, 2.45) is 5.92 Å². The van der Waals surface area contributed by atoms with Crippen LogP contribution in [0.1, 0.15) is 13.3 Å². The summed E-state index contributed by atoms with van der Waals surface area (Å²) >= 11 is 0. The Bertz CT molecular complexity index is 609. The number of carbonyl (C=O) groups is 1. The minimum absolute atomic E-state index is 0.0108. The van der Waals surface area contributed by atoms with Gasteiger partial charge in [0, 0.05) is 6.54 Å². The number of furan rings is 1. The summed E-state index contributed by atoms with van der Waals surface area (Å²) in [6.45, 7) is 2.69. The molecule has 0 spiro atoms. The maximum Gasteiger partial charge on any atom is 0.246 e. The van der Waals surface area contributed by atoms with Gasteiger partial charge < -0.3 is 14.4 Å². The molecular weight excluding hydrogens is 274 g/mol. The molecule has 2 aromatic rings. The summed E-state index contributed by atoms with van der Waals surface area (Å²) in [5, 5.41) is 21.2. The van der Waals surface area contributed by atoms with Crippen molar-refractivity contribution < 1.29 is 14.3 Å². The average Bonchev–Trinajstić information content (AvgIpc) is 3.17. The van der Waals surface area contributed by atoms with Gasteiger partial charge in [0.25, 0.3) is 0 Å². The van der Waals surface area contributed by atoms with E-state index in [9.17, 15) is 9.90 Å². The lowest BCUT2D eigenvalue weighted by atomic mass is 10.0. The third-order valence-electron chi connectivity index (χ3n) is 3.86. The van der Waals surface area contributed by atoms with E-state index in [0.717, 1.165) is 6.42 Å². The summed E-state index contributed by atoms with van der Waals surface area (Å²) in [7, 11) is 0. The largest absolute Gasteiger partial charge is 0.461 e. The molecule has 0 aromatic carbocycles. The maximum atomic E-state index is 12.3. The molecule has 3 rings (SSSR count). The van der Waals surface area contributed by atoms with E-state index in [2.05, 4.69) is 15.4 Å². The van der Waals surface area contributed by atoms with E-state index in [1.165, 1.54) is 11.1 Å². The van der Waals surface area contributed by atoms with Gasteiger partial charge in [-0.1, -0.05) is 6.92 Å². The van der Waals surface area contributed by atoms with Crippen LogP contribution in [-0.2, 0) is 11.3 Å². The minimum Gasteiger partial charge on any atom is -0.461 e. The standard InChI is InChI=1S/C13H17N5O3/c1-9-4-5-17(10(9)8-19)12(20)7-18-15-13(14-16-18)11-3-2-6-21-11/h2-3,6,9-10,19H,4-5,7-8H2,1H3. The maximum absolute atomic E-state index is 12.3. The van der Waals surface area contributed by atoms with Crippen LogP contribution >= 0.6 is 0 Å². The molecule has 2 atom stereocenters. The second kappa shape index (κ2) is 5.65. The summed E-state index contributed by atoms with van der Waals surface area (Å²) in [6.07, 6.45) is 2.43. The molecule has 2 unspecified atom stereocenters. The summed E-state index contributed by atoms with van der Waals surface area (Å²) in [4.78, 5) is 15.2. The van der Waals surface area contributed by atoms with E-state index >= 15 is 0 Å². The van der Waals surface area contributed by atoms with E-state index in [-0.39, 0.29) is 25.1 Å². The second-order valence-corrected chi connectivity index (χ2v) is 5.22. The number of hydrogen-bond acceptors (Lipinski definition) is 6. The van der Waals surface area contributed by atoms with Crippen molar-refractivity contribution in [3.8, 4) is 11.6 Å². The Morgan fingerprint density at radius 2 is 2.43 bits per heavy atom. The van der Waals surface area contributed by atoms with Crippen molar-refractivity contribution in [3.05, 3.63) is 18.4 Å². The van der Waals surface area contributed by atoms with Crippen molar-refractivity contribution in [3.63, 3.8) is 0 Å². The summed E-state index contributed by atoms with van der Waals surface area (Å²) in [5.74, 6) is 1.06. The third-order valence-corrected chi connectivity index (χ3v) is 3.86. The Morgan fingerprint density at radius 3 is 3.14 bits per heavy atom. The van der Waals surface area contributed by atoms with Crippen LogP contribution in [0.3, 0.4) is 0 Å². The molecule has 8 heteroatoms. The van der Waals surface area contributed by atoms with Crippen LogP contribution in [-0.4, -0.2) is 55.3 Å². The molecule has 8 nitrogen and oxygen atoms in total. The molecule has 1 fully saturated rings.